The van der Waals surface area contributed by atoms with Crippen LogP contribution in [-0.4, -0.2) is 11.6 Å². The molecular weight excluding hydrogens is 200 g/mol. The van der Waals surface area contributed by atoms with Crippen LogP contribution >= 0.6 is 0 Å². The summed E-state index contributed by atoms with van der Waals surface area (Å²) >= 11 is 0. The van der Waals surface area contributed by atoms with E-state index in [1.165, 1.54) is 5.57 Å². The van der Waals surface area contributed by atoms with Crippen LogP contribution in [0.3, 0.4) is 0 Å². The van der Waals surface area contributed by atoms with E-state index in [0.29, 0.717) is 12.3 Å². The largest absolute Gasteiger partial charge is 0.459 e. The molecule has 0 unspecified atom stereocenters. The predicted molar refractivity (Wildman–Crippen MR) is 66.2 cm³/mol. The van der Waals surface area contributed by atoms with Crippen molar-refractivity contribution >= 4 is 5.97 Å². The van der Waals surface area contributed by atoms with Crippen molar-refractivity contribution in [1.82, 2.24) is 0 Å². The molecule has 0 amide bonds. The fourth-order valence-electron chi connectivity index (χ4n) is 2.23. The van der Waals surface area contributed by atoms with Gasteiger partial charge in [-0.2, -0.15) is 0 Å². The Hall–Kier alpha value is -0.790. The summed E-state index contributed by atoms with van der Waals surface area (Å²) in [6, 6.07) is 0. The van der Waals surface area contributed by atoms with Crippen LogP contribution in [0.15, 0.2) is 11.6 Å². The van der Waals surface area contributed by atoms with Gasteiger partial charge in [0.1, 0.15) is 5.60 Å². The van der Waals surface area contributed by atoms with Crippen molar-refractivity contribution in [3.63, 3.8) is 0 Å². The van der Waals surface area contributed by atoms with Gasteiger partial charge in [-0.15, -0.1) is 0 Å². The monoisotopic (exact) mass is 224 g/mol. The molecule has 0 fully saturated rings. The molecular formula is C14H24O2. The summed E-state index contributed by atoms with van der Waals surface area (Å²) in [5, 5.41) is 0. The lowest BCUT2D eigenvalue weighted by Crippen LogP contribution is -2.37. The van der Waals surface area contributed by atoms with Gasteiger partial charge in [-0.25, -0.2) is 0 Å². The Labute approximate surface area is 99.1 Å². The topological polar surface area (TPSA) is 26.3 Å². The zero-order valence-corrected chi connectivity index (χ0v) is 11.0. The van der Waals surface area contributed by atoms with Crippen molar-refractivity contribution in [3.05, 3.63) is 11.6 Å². The Morgan fingerprint density at radius 2 is 2.25 bits per heavy atom. The van der Waals surface area contributed by atoms with Gasteiger partial charge in [-0.1, -0.05) is 18.6 Å². The van der Waals surface area contributed by atoms with Crippen molar-refractivity contribution in [2.24, 2.45) is 5.92 Å². The quantitative estimate of drug-likeness (QED) is 0.535. The number of rotatable bonds is 4. The molecule has 92 valence electrons. The molecule has 0 aromatic carbocycles. The van der Waals surface area contributed by atoms with E-state index in [1.807, 2.05) is 20.8 Å². The highest BCUT2D eigenvalue weighted by atomic mass is 16.6. The third-order valence-corrected chi connectivity index (χ3v) is 3.45. The summed E-state index contributed by atoms with van der Waals surface area (Å²) in [6.07, 6.45) is 6.99. The molecule has 0 aliphatic heterocycles. The third-order valence-electron chi connectivity index (χ3n) is 3.45. The molecule has 1 rings (SSSR count). The molecule has 1 atom stereocenters. The van der Waals surface area contributed by atoms with Crippen LogP contribution in [0.1, 0.15) is 59.8 Å². The van der Waals surface area contributed by atoms with Gasteiger partial charge in [-0.05, 0) is 46.5 Å². The van der Waals surface area contributed by atoms with Crippen LogP contribution in [0.2, 0.25) is 0 Å². The molecule has 0 heterocycles. The van der Waals surface area contributed by atoms with Crippen molar-refractivity contribution in [3.8, 4) is 0 Å². The zero-order valence-electron chi connectivity index (χ0n) is 11.0. The smallest absolute Gasteiger partial charge is 0.306 e. The third kappa shape index (κ3) is 3.66. The first-order valence-corrected chi connectivity index (χ1v) is 6.33. The van der Waals surface area contributed by atoms with Crippen LogP contribution < -0.4 is 0 Å². The lowest BCUT2D eigenvalue weighted by Gasteiger charge is -2.35. The van der Waals surface area contributed by atoms with E-state index in [0.717, 1.165) is 25.7 Å². The van der Waals surface area contributed by atoms with Crippen LogP contribution in [0.4, 0.5) is 0 Å². The fraction of sp³-hybridized carbons (Fsp3) is 0.786. The summed E-state index contributed by atoms with van der Waals surface area (Å²) in [7, 11) is 0. The average Bonchev–Trinajstić information content (AvgIpc) is 2.17. The van der Waals surface area contributed by atoms with Crippen molar-refractivity contribution < 1.29 is 9.53 Å². The van der Waals surface area contributed by atoms with Crippen LogP contribution in [-0.2, 0) is 9.53 Å². The molecule has 0 aromatic heterocycles. The summed E-state index contributed by atoms with van der Waals surface area (Å²) < 4.78 is 5.58. The van der Waals surface area contributed by atoms with Crippen molar-refractivity contribution in [2.45, 2.75) is 65.4 Å². The molecule has 0 N–H and O–H groups in total. The van der Waals surface area contributed by atoms with Gasteiger partial charge < -0.3 is 4.74 Å². The van der Waals surface area contributed by atoms with Gasteiger partial charge in [-0.3, -0.25) is 4.79 Å². The van der Waals surface area contributed by atoms with Gasteiger partial charge in [0.25, 0.3) is 0 Å². The highest BCUT2D eigenvalue weighted by Gasteiger charge is 2.33. The first kappa shape index (κ1) is 13.3. The summed E-state index contributed by atoms with van der Waals surface area (Å²) in [5.41, 5.74) is 1.15. The molecule has 0 radical (unpaired) electrons. The lowest BCUT2D eigenvalue weighted by atomic mass is 9.79. The first-order chi connectivity index (χ1) is 7.45. The lowest BCUT2D eigenvalue weighted by molar-refractivity contribution is -0.162. The standard InChI is InChI=1S/C14H24O2/c1-5-6-13(15)16-14(3,4)12-9-7-11(2)8-10-12/h7,12H,5-6,8-10H2,1-4H3/t12-/m1/s1. The normalized spacial score (nSPS) is 21.5. The second-order valence-corrected chi connectivity index (χ2v) is 5.35. The maximum absolute atomic E-state index is 11.5. The molecule has 2 nitrogen and oxygen atoms in total. The maximum Gasteiger partial charge on any atom is 0.306 e. The number of allylic oxidation sites excluding steroid dienone is 2. The number of ether oxygens (including phenoxy) is 1. The van der Waals surface area contributed by atoms with Crippen molar-refractivity contribution in [1.29, 1.82) is 0 Å². The number of carbonyl (C=O) groups excluding carboxylic acids is 1. The summed E-state index contributed by atoms with van der Waals surface area (Å²) in [4.78, 5) is 11.5. The summed E-state index contributed by atoms with van der Waals surface area (Å²) in [5.74, 6) is 0.413. The molecule has 0 bridgehead atoms. The van der Waals surface area contributed by atoms with Crippen LogP contribution in [0.25, 0.3) is 0 Å². The zero-order chi connectivity index (χ0) is 12.2. The van der Waals surface area contributed by atoms with E-state index in [1.54, 1.807) is 0 Å². The number of carbonyl (C=O) groups is 1. The molecule has 0 aromatic rings. The minimum absolute atomic E-state index is 0.0567. The van der Waals surface area contributed by atoms with E-state index >= 15 is 0 Å². The highest BCUT2D eigenvalue weighted by Crippen LogP contribution is 2.34. The van der Waals surface area contributed by atoms with Gasteiger partial charge in [0.05, 0.1) is 0 Å². The summed E-state index contributed by atoms with van der Waals surface area (Å²) in [6.45, 7) is 8.26. The second-order valence-electron chi connectivity index (χ2n) is 5.35. The molecule has 0 spiro atoms. The Balaban J connectivity index is 2.53. The van der Waals surface area contributed by atoms with E-state index in [2.05, 4.69) is 13.0 Å². The second kappa shape index (κ2) is 5.51. The molecule has 1 aliphatic carbocycles. The fourth-order valence-corrected chi connectivity index (χ4v) is 2.23. The Morgan fingerprint density at radius 3 is 2.75 bits per heavy atom. The molecule has 2 heteroatoms. The van der Waals surface area contributed by atoms with Crippen LogP contribution in [0, 0.1) is 5.92 Å². The highest BCUT2D eigenvalue weighted by molar-refractivity contribution is 5.69. The molecule has 0 saturated heterocycles. The number of esters is 1. The van der Waals surface area contributed by atoms with E-state index < -0.39 is 0 Å². The molecule has 16 heavy (non-hydrogen) atoms. The van der Waals surface area contributed by atoms with E-state index in [9.17, 15) is 4.79 Å². The SMILES string of the molecule is CCCC(=O)OC(C)(C)[C@@H]1CC=C(C)CC1. The Morgan fingerprint density at radius 1 is 1.56 bits per heavy atom. The van der Waals surface area contributed by atoms with Crippen LogP contribution in [0.5, 0.6) is 0 Å². The molecule has 1 aliphatic rings. The first-order valence-electron chi connectivity index (χ1n) is 6.33. The average molecular weight is 224 g/mol. The number of hydrogen-bond donors (Lipinski definition) is 0. The minimum atomic E-state index is -0.316. The van der Waals surface area contributed by atoms with Gasteiger partial charge in [0.2, 0.25) is 0 Å². The van der Waals surface area contributed by atoms with Gasteiger partial charge in [0.15, 0.2) is 0 Å². The van der Waals surface area contributed by atoms with Gasteiger partial charge >= 0.3 is 5.97 Å². The van der Waals surface area contributed by atoms with Crippen molar-refractivity contribution in [2.75, 3.05) is 0 Å². The van der Waals surface area contributed by atoms with Gasteiger partial charge in [0, 0.05) is 12.3 Å². The maximum atomic E-state index is 11.5. The van der Waals surface area contributed by atoms with E-state index in [4.69, 9.17) is 4.74 Å². The Kier molecular flexibility index (Phi) is 4.57. The molecule has 0 saturated carbocycles. The van der Waals surface area contributed by atoms with E-state index in [-0.39, 0.29) is 11.6 Å². The number of hydrogen-bond acceptors (Lipinski definition) is 2. The predicted octanol–water partition coefficient (Wildman–Crippen LogP) is 3.85. The minimum Gasteiger partial charge on any atom is -0.459 e. The Bertz CT molecular complexity index is 276.